The molecule has 0 aliphatic carbocycles. The fourth-order valence-electron chi connectivity index (χ4n) is 1.80. The second kappa shape index (κ2) is 5.84. The quantitative estimate of drug-likeness (QED) is 0.911. The van der Waals surface area contributed by atoms with Gasteiger partial charge in [-0.1, -0.05) is 15.9 Å². The first-order chi connectivity index (χ1) is 9.10. The van der Waals surface area contributed by atoms with E-state index >= 15 is 0 Å². The number of rotatable bonds is 3. The van der Waals surface area contributed by atoms with Gasteiger partial charge in [-0.15, -0.1) is 0 Å². The molecular weight excluding hydrogens is 306 g/mol. The van der Waals surface area contributed by atoms with Gasteiger partial charge in [-0.3, -0.25) is 9.78 Å². The molecule has 0 saturated heterocycles. The maximum atomic E-state index is 12.2. The number of aryl methyl sites for hydroxylation is 1. The molecule has 4 nitrogen and oxygen atoms in total. The topological polar surface area (TPSA) is 54.0 Å². The summed E-state index contributed by atoms with van der Waals surface area (Å²) in [6, 6.07) is 7.53. The Balaban J connectivity index is 2.25. The van der Waals surface area contributed by atoms with Crippen LogP contribution in [-0.4, -0.2) is 17.9 Å². The highest BCUT2D eigenvalue weighted by atomic mass is 79.9. The first kappa shape index (κ1) is 13.5. The lowest BCUT2D eigenvalue weighted by atomic mass is 10.2. The summed E-state index contributed by atoms with van der Waals surface area (Å²) in [5.41, 5.74) is 3.09. The molecule has 0 unspecified atom stereocenters. The van der Waals surface area contributed by atoms with E-state index in [0.717, 1.165) is 21.4 Å². The molecule has 98 valence electrons. The van der Waals surface area contributed by atoms with E-state index in [1.807, 2.05) is 25.1 Å². The molecule has 0 radical (unpaired) electrons. The summed E-state index contributed by atoms with van der Waals surface area (Å²) in [5, 5.41) is 5.84. The molecule has 0 atom stereocenters. The van der Waals surface area contributed by atoms with Crippen LogP contribution in [0.2, 0.25) is 0 Å². The van der Waals surface area contributed by atoms with E-state index in [4.69, 9.17) is 0 Å². The molecule has 0 aliphatic rings. The Labute approximate surface area is 120 Å². The van der Waals surface area contributed by atoms with E-state index in [-0.39, 0.29) is 5.91 Å². The second-order valence-corrected chi connectivity index (χ2v) is 5.06. The summed E-state index contributed by atoms with van der Waals surface area (Å²) in [6.07, 6.45) is 3.19. The van der Waals surface area contributed by atoms with Gasteiger partial charge in [0.15, 0.2) is 0 Å². The van der Waals surface area contributed by atoms with Crippen molar-refractivity contribution in [1.82, 2.24) is 4.98 Å². The third-order valence-electron chi connectivity index (χ3n) is 2.64. The van der Waals surface area contributed by atoms with Gasteiger partial charge in [-0.2, -0.15) is 0 Å². The number of hydrogen-bond donors (Lipinski definition) is 2. The first-order valence-corrected chi connectivity index (χ1v) is 6.60. The number of benzene rings is 1. The fourth-order valence-corrected chi connectivity index (χ4v) is 2.41. The Bertz CT molecular complexity index is 593. The highest BCUT2D eigenvalue weighted by Gasteiger charge is 2.11. The third kappa shape index (κ3) is 3.32. The van der Waals surface area contributed by atoms with Gasteiger partial charge in [-0.05, 0) is 36.8 Å². The monoisotopic (exact) mass is 319 g/mol. The number of carbonyl (C=O) groups is 1. The molecule has 1 heterocycles. The van der Waals surface area contributed by atoms with E-state index in [1.54, 1.807) is 25.5 Å². The molecule has 0 aliphatic heterocycles. The molecule has 5 heteroatoms. The van der Waals surface area contributed by atoms with Crippen LogP contribution in [0.5, 0.6) is 0 Å². The average molecular weight is 320 g/mol. The van der Waals surface area contributed by atoms with Crippen molar-refractivity contribution in [3.63, 3.8) is 0 Å². The maximum Gasteiger partial charge on any atom is 0.259 e. The lowest BCUT2D eigenvalue weighted by molar-refractivity contribution is 0.102. The number of hydrogen-bond acceptors (Lipinski definition) is 3. The van der Waals surface area contributed by atoms with Gasteiger partial charge in [0.25, 0.3) is 5.91 Å². The zero-order valence-corrected chi connectivity index (χ0v) is 12.3. The Morgan fingerprint density at radius 2 is 2.11 bits per heavy atom. The highest BCUT2D eigenvalue weighted by molar-refractivity contribution is 9.10. The Hall–Kier alpha value is -1.88. The number of anilines is 2. The molecule has 1 aromatic heterocycles. The summed E-state index contributed by atoms with van der Waals surface area (Å²) in [6.45, 7) is 1.98. The van der Waals surface area contributed by atoms with Crippen molar-refractivity contribution in [2.75, 3.05) is 17.7 Å². The number of amides is 1. The molecule has 0 saturated carbocycles. The smallest absolute Gasteiger partial charge is 0.259 e. The van der Waals surface area contributed by atoms with Crippen LogP contribution in [0, 0.1) is 6.92 Å². The van der Waals surface area contributed by atoms with Crippen molar-refractivity contribution in [2.45, 2.75) is 6.92 Å². The number of aromatic nitrogens is 1. The molecule has 1 aromatic carbocycles. The van der Waals surface area contributed by atoms with Crippen LogP contribution in [0.25, 0.3) is 0 Å². The van der Waals surface area contributed by atoms with Crippen molar-refractivity contribution in [3.8, 4) is 0 Å². The lowest BCUT2D eigenvalue weighted by Crippen LogP contribution is -2.14. The van der Waals surface area contributed by atoms with Gasteiger partial charge in [0, 0.05) is 35.3 Å². The van der Waals surface area contributed by atoms with Crippen molar-refractivity contribution in [1.29, 1.82) is 0 Å². The largest absolute Gasteiger partial charge is 0.387 e. The van der Waals surface area contributed by atoms with Gasteiger partial charge < -0.3 is 10.6 Å². The van der Waals surface area contributed by atoms with E-state index in [2.05, 4.69) is 31.5 Å². The van der Waals surface area contributed by atoms with Crippen LogP contribution in [0.15, 0.2) is 41.1 Å². The number of halogens is 1. The molecular formula is C14H14BrN3O. The molecule has 0 spiro atoms. The number of nitrogens with one attached hydrogen (secondary N) is 2. The maximum absolute atomic E-state index is 12.2. The minimum absolute atomic E-state index is 0.185. The van der Waals surface area contributed by atoms with Crippen LogP contribution in [-0.2, 0) is 0 Å². The van der Waals surface area contributed by atoms with Crippen LogP contribution < -0.4 is 10.6 Å². The van der Waals surface area contributed by atoms with Gasteiger partial charge in [0.05, 0.1) is 5.56 Å². The van der Waals surface area contributed by atoms with E-state index in [0.29, 0.717) is 5.56 Å². The molecule has 2 rings (SSSR count). The van der Waals surface area contributed by atoms with Gasteiger partial charge in [-0.25, -0.2) is 0 Å². The Kier molecular flexibility index (Phi) is 4.16. The Morgan fingerprint density at radius 1 is 1.32 bits per heavy atom. The summed E-state index contributed by atoms with van der Waals surface area (Å²) >= 11 is 3.41. The molecule has 0 fully saturated rings. The Morgan fingerprint density at radius 3 is 2.79 bits per heavy atom. The summed E-state index contributed by atoms with van der Waals surface area (Å²) in [4.78, 5) is 16.2. The average Bonchev–Trinajstić information content (AvgIpc) is 2.37. The number of pyridine rings is 1. The van der Waals surface area contributed by atoms with Crippen LogP contribution in [0.3, 0.4) is 0 Å². The van der Waals surface area contributed by atoms with E-state index in [9.17, 15) is 4.79 Å². The van der Waals surface area contributed by atoms with E-state index in [1.165, 1.54) is 0 Å². The van der Waals surface area contributed by atoms with Gasteiger partial charge >= 0.3 is 0 Å². The number of carbonyl (C=O) groups excluding carboxylic acids is 1. The first-order valence-electron chi connectivity index (χ1n) is 5.80. The summed E-state index contributed by atoms with van der Waals surface area (Å²) in [7, 11) is 1.77. The third-order valence-corrected chi connectivity index (χ3v) is 3.09. The van der Waals surface area contributed by atoms with Crippen LogP contribution >= 0.6 is 15.9 Å². The summed E-state index contributed by atoms with van der Waals surface area (Å²) in [5.74, 6) is -0.185. The number of nitrogens with zero attached hydrogens (tertiary/aromatic N) is 1. The minimum atomic E-state index is -0.185. The standard InChI is InChI=1S/C14H14BrN3O/c1-9-5-10(15)7-11(6-9)18-14(19)12-8-17-4-3-13(12)16-2/h3-8H,1-2H3,(H,16,17)(H,18,19). The SMILES string of the molecule is CNc1ccncc1C(=O)Nc1cc(C)cc(Br)c1. The van der Waals surface area contributed by atoms with Crippen molar-refractivity contribution >= 4 is 33.2 Å². The molecule has 2 aromatic rings. The van der Waals surface area contributed by atoms with Gasteiger partial charge in [0.1, 0.15) is 0 Å². The van der Waals surface area contributed by atoms with Crippen molar-refractivity contribution in [3.05, 3.63) is 52.3 Å². The molecule has 0 bridgehead atoms. The highest BCUT2D eigenvalue weighted by Crippen LogP contribution is 2.21. The molecule has 1 amide bonds. The minimum Gasteiger partial charge on any atom is -0.387 e. The molecule has 19 heavy (non-hydrogen) atoms. The van der Waals surface area contributed by atoms with Crippen LogP contribution in [0.1, 0.15) is 15.9 Å². The predicted octanol–water partition coefficient (Wildman–Crippen LogP) is 3.45. The van der Waals surface area contributed by atoms with Gasteiger partial charge in [0.2, 0.25) is 0 Å². The normalized spacial score (nSPS) is 10.1. The lowest BCUT2D eigenvalue weighted by Gasteiger charge is -2.10. The second-order valence-electron chi connectivity index (χ2n) is 4.14. The van der Waals surface area contributed by atoms with Crippen molar-refractivity contribution in [2.24, 2.45) is 0 Å². The van der Waals surface area contributed by atoms with E-state index < -0.39 is 0 Å². The summed E-state index contributed by atoms with van der Waals surface area (Å²) < 4.78 is 0.933. The molecule has 2 N–H and O–H groups in total. The van der Waals surface area contributed by atoms with Crippen molar-refractivity contribution < 1.29 is 4.79 Å². The predicted molar refractivity (Wildman–Crippen MR) is 80.6 cm³/mol. The zero-order valence-electron chi connectivity index (χ0n) is 10.7. The van der Waals surface area contributed by atoms with Crippen LogP contribution in [0.4, 0.5) is 11.4 Å². The zero-order chi connectivity index (χ0) is 13.8. The fraction of sp³-hybridized carbons (Fsp3) is 0.143.